The van der Waals surface area contributed by atoms with Crippen LogP contribution in [0.1, 0.15) is 24.3 Å². The van der Waals surface area contributed by atoms with Crippen LogP contribution in [0.15, 0.2) is 54.8 Å². The molecular formula is C16H17F3O2. The smallest absolute Gasteiger partial charge is 0.422 e. The second-order valence-corrected chi connectivity index (χ2v) is 5.01. The Hall–Kier alpha value is -1.75. The summed E-state index contributed by atoms with van der Waals surface area (Å²) in [7, 11) is 0. The van der Waals surface area contributed by atoms with Crippen LogP contribution in [-0.4, -0.2) is 23.5 Å². The maximum absolute atomic E-state index is 13.6. The van der Waals surface area contributed by atoms with Crippen molar-refractivity contribution in [2.75, 3.05) is 6.61 Å². The van der Waals surface area contributed by atoms with Gasteiger partial charge in [-0.25, -0.2) is 0 Å². The topological polar surface area (TPSA) is 29.5 Å². The van der Waals surface area contributed by atoms with Crippen LogP contribution in [-0.2, 0) is 4.74 Å². The molecule has 1 aliphatic rings. The number of halogens is 3. The van der Waals surface area contributed by atoms with Gasteiger partial charge in [-0.05, 0) is 18.4 Å². The van der Waals surface area contributed by atoms with Gasteiger partial charge < -0.3 is 9.84 Å². The number of hydrogen-bond acceptors (Lipinski definition) is 2. The lowest BCUT2D eigenvalue weighted by Gasteiger charge is -2.39. The van der Waals surface area contributed by atoms with Gasteiger partial charge in [-0.3, -0.25) is 0 Å². The lowest BCUT2D eigenvalue weighted by molar-refractivity contribution is -0.250. The first-order chi connectivity index (χ1) is 9.91. The van der Waals surface area contributed by atoms with Crippen LogP contribution in [0.5, 0.6) is 0 Å². The van der Waals surface area contributed by atoms with E-state index in [4.69, 9.17) is 4.74 Å². The molecule has 0 aliphatic carbocycles. The van der Waals surface area contributed by atoms with Gasteiger partial charge in [0.15, 0.2) is 5.60 Å². The Morgan fingerprint density at radius 2 is 1.90 bits per heavy atom. The molecule has 0 saturated carbocycles. The predicted octanol–water partition coefficient (Wildman–Crippen LogP) is 3.94. The minimum atomic E-state index is -4.83. The first-order valence-electron chi connectivity index (χ1n) is 6.69. The van der Waals surface area contributed by atoms with Crippen molar-refractivity contribution in [2.45, 2.75) is 30.5 Å². The lowest BCUT2D eigenvalue weighted by atomic mass is 9.75. The third kappa shape index (κ3) is 2.83. The molecule has 2 rings (SSSR count). The lowest BCUT2D eigenvalue weighted by Crippen LogP contribution is -2.51. The molecule has 1 N–H and O–H groups in total. The highest BCUT2D eigenvalue weighted by Gasteiger charge is 2.60. The number of hydrogen-bond donors (Lipinski definition) is 1. The van der Waals surface area contributed by atoms with E-state index in [1.807, 2.05) is 0 Å². The van der Waals surface area contributed by atoms with E-state index in [9.17, 15) is 18.3 Å². The summed E-state index contributed by atoms with van der Waals surface area (Å²) in [4.78, 5) is 0. The molecule has 0 radical (unpaired) electrons. The molecule has 0 fully saturated rings. The highest BCUT2D eigenvalue weighted by molar-refractivity contribution is 5.36. The van der Waals surface area contributed by atoms with E-state index in [0.29, 0.717) is 18.6 Å². The van der Waals surface area contributed by atoms with Crippen LogP contribution >= 0.6 is 0 Å². The molecule has 2 atom stereocenters. The monoisotopic (exact) mass is 298 g/mol. The molecule has 1 aromatic carbocycles. The molecule has 0 spiro atoms. The highest BCUT2D eigenvalue weighted by atomic mass is 19.4. The van der Waals surface area contributed by atoms with Gasteiger partial charge in [0.2, 0.25) is 0 Å². The summed E-state index contributed by atoms with van der Waals surface area (Å²) in [5, 5.41) is 10.5. The number of aliphatic hydroxyl groups is 1. The second kappa shape index (κ2) is 5.93. The summed E-state index contributed by atoms with van der Waals surface area (Å²) in [6.45, 7) is 3.85. The van der Waals surface area contributed by atoms with Gasteiger partial charge in [-0.15, -0.1) is 6.58 Å². The molecule has 2 nitrogen and oxygen atoms in total. The summed E-state index contributed by atoms with van der Waals surface area (Å²) in [5.41, 5.74) is -2.80. The average molecular weight is 298 g/mol. The summed E-state index contributed by atoms with van der Waals surface area (Å²) in [6.07, 6.45) is -2.06. The Morgan fingerprint density at radius 3 is 2.38 bits per heavy atom. The molecule has 1 aromatic rings. The Balaban J connectivity index is 2.53. The van der Waals surface area contributed by atoms with Crippen LogP contribution in [0.2, 0.25) is 0 Å². The second-order valence-electron chi connectivity index (χ2n) is 5.01. The number of benzene rings is 1. The summed E-state index contributed by atoms with van der Waals surface area (Å²) < 4.78 is 45.8. The van der Waals surface area contributed by atoms with E-state index in [0.717, 1.165) is 12.3 Å². The Morgan fingerprint density at radius 1 is 1.24 bits per heavy atom. The van der Waals surface area contributed by atoms with Crippen molar-refractivity contribution in [3.63, 3.8) is 0 Å². The van der Waals surface area contributed by atoms with Crippen molar-refractivity contribution in [3.8, 4) is 0 Å². The largest absolute Gasteiger partial charge is 0.501 e. The van der Waals surface area contributed by atoms with Crippen LogP contribution in [0.25, 0.3) is 0 Å². The summed E-state index contributed by atoms with van der Waals surface area (Å²) in [6, 6.07) is 8.07. The zero-order chi connectivity index (χ0) is 15.5. The zero-order valence-electron chi connectivity index (χ0n) is 11.4. The third-order valence-corrected chi connectivity index (χ3v) is 3.70. The quantitative estimate of drug-likeness (QED) is 0.853. The SMILES string of the molecule is C=CC(c1ccccc1)C(O)(C1=COCCC1)C(F)(F)F. The van der Waals surface area contributed by atoms with Gasteiger partial charge >= 0.3 is 6.18 Å². The maximum Gasteiger partial charge on any atom is 0.422 e. The van der Waals surface area contributed by atoms with E-state index >= 15 is 0 Å². The molecule has 21 heavy (non-hydrogen) atoms. The third-order valence-electron chi connectivity index (χ3n) is 3.70. The van der Waals surface area contributed by atoms with Gasteiger partial charge in [0, 0.05) is 11.5 Å². The van der Waals surface area contributed by atoms with Gasteiger partial charge in [0.25, 0.3) is 0 Å². The summed E-state index contributed by atoms with van der Waals surface area (Å²) >= 11 is 0. The van der Waals surface area contributed by atoms with Crippen LogP contribution in [0, 0.1) is 0 Å². The van der Waals surface area contributed by atoms with E-state index in [2.05, 4.69) is 6.58 Å². The van der Waals surface area contributed by atoms with Crippen LogP contribution in [0.3, 0.4) is 0 Å². The molecule has 2 unspecified atom stereocenters. The van der Waals surface area contributed by atoms with Gasteiger partial charge in [-0.2, -0.15) is 13.2 Å². The van der Waals surface area contributed by atoms with Crippen LogP contribution in [0.4, 0.5) is 13.2 Å². The Kier molecular flexibility index (Phi) is 4.42. The van der Waals surface area contributed by atoms with Crippen molar-refractivity contribution in [3.05, 3.63) is 60.4 Å². The fourth-order valence-corrected chi connectivity index (χ4v) is 2.61. The van der Waals surface area contributed by atoms with Crippen LogP contribution < -0.4 is 0 Å². The van der Waals surface area contributed by atoms with E-state index < -0.39 is 17.7 Å². The molecule has 0 saturated heterocycles. The number of ether oxygens (including phenoxy) is 1. The Bertz CT molecular complexity index is 522. The van der Waals surface area contributed by atoms with Gasteiger partial charge in [0.05, 0.1) is 12.9 Å². The number of rotatable bonds is 4. The maximum atomic E-state index is 13.6. The summed E-state index contributed by atoms with van der Waals surface area (Å²) in [5.74, 6) is -1.29. The molecule has 1 heterocycles. The fourth-order valence-electron chi connectivity index (χ4n) is 2.61. The minimum Gasteiger partial charge on any atom is -0.501 e. The van der Waals surface area contributed by atoms with Crippen molar-refractivity contribution < 1.29 is 23.0 Å². The first kappa shape index (κ1) is 15.6. The molecular weight excluding hydrogens is 281 g/mol. The number of alkyl halides is 3. The molecule has 5 heteroatoms. The van der Waals surface area contributed by atoms with Crippen molar-refractivity contribution in [2.24, 2.45) is 0 Å². The molecule has 0 aromatic heterocycles. The minimum absolute atomic E-state index is 0.146. The van der Waals surface area contributed by atoms with E-state index in [1.54, 1.807) is 30.3 Å². The van der Waals surface area contributed by atoms with Crippen molar-refractivity contribution in [1.82, 2.24) is 0 Å². The van der Waals surface area contributed by atoms with Gasteiger partial charge in [-0.1, -0.05) is 36.4 Å². The average Bonchev–Trinajstić information content (AvgIpc) is 2.48. The van der Waals surface area contributed by atoms with Gasteiger partial charge in [0.1, 0.15) is 0 Å². The first-order valence-corrected chi connectivity index (χ1v) is 6.69. The highest BCUT2D eigenvalue weighted by Crippen LogP contribution is 2.48. The standard InChI is InChI=1S/C16H17F3O2/c1-2-14(12-7-4-3-5-8-12)15(20,16(17,18)19)13-9-6-10-21-11-13/h2-5,7-8,11,14,20H,1,6,9-10H2. The molecule has 1 aliphatic heterocycles. The van der Waals surface area contributed by atoms with E-state index in [1.165, 1.54) is 0 Å². The van der Waals surface area contributed by atoms with Crippen molar-refractivity contribution in [1.29, 1.82) is 0 Å². The molecule has 114 valence electrons. The fraction of sp³-hybridized carbons (Fsp3) is 0.375. The molecule has 0 bridgehead atoms. The molecule has 0 amide bonds. The van der Waals surface area contributed by atoms with Crippen molar-refractivity contribution >= 4 is 0 Å². The zero-order valence-corrected chi connectivity index (χ0v) is 11.4. The predicted molar refractivity (Wildman–Crippen MR) is 73.7 cm³/mol. The Labute approximate surface area is 121 Å². The normalized spacial score (nSPS) is 19.9. The van der Waals surface area contributed by atoms with E-state index in [-0.39, 0.29) is 12.0 Å².